The maximum absolute atomic E-state index is 12.7. The second-order valence-corrected chi connectivity index (χ2v) is 8.67. The molecule has 2 aliphatic rings. The van der Waals surface area contributed by atoms with Crippen LogP contribution in [0.3, 0.4) is 0 Å². The standard InChI is InChI=1S/C23H24N2O3S/c1-2-14-5-7-17(8-6-14)24-22(27)13-16-10-18-19(25-23(16)28)11-15(12-20(18)26)21-4-3-9-29-21/h3-9,15-16H,2,10-13H2,1H3,(H,24,27)(H,25,28). The molecule has 2 aromatic rings. The molecule has 0 spiro atoms. The summed E-state index contributed by atoms with van der Waals surface area (Å²) >= 11 is 1.64. The van der Waals surface area contributed by atoms with Crippen LogP contribution < -0.4 is 10.6 Å². The smallest absolute Gasteiger partial charge is 0.228 e. The number of rotatable bonds is 5. The summed E-state index contributed by atoms with van der Waals surface area (Å²) in [5.74, 6) is -0.665. The van der Waals surface area contributed by atoms with Gasteiger partial charge in [-0.15, -0.1) is 11.3 Å². The Morgan fingerprint density at radius 3 is 2.62 bits per heavy atom. The number of nitrogens with one attached hydrogen (secondary N) is 2. The average Bonchev–Trinajstić information content (AvgIpc) is 3.24. The molecule has 0 saturated heterocycles. The van der Waals surface area contributed by atoms with Crippen LogP contribution >= 0.6 is 11.3 Å². The molecule has 0 saturated carbocycles. The number of thiophene rings is 1. The highest BCUT2D eigenvalue weighted by molar-refractivity contribution is 7.10. The number of hydrogen-bond donors (Lipinski definition) is 2. The van der Waals surface area contributed by atoms with Crippen LogP contribution in [0, 0.1) is 5.92 Å². The van der Waals surface area contributed by atoms with E-state index in [1.54, 1.807) is 11.3 Å². The maximum Gasteiger partial charge on any atom is 0.228 e. The summed E-state index contributed by atoms with van der Waals surface area (Å²) < 4.78 is 0. The fraction of sp³-hybridized carbons (Fsp3) is 0.348. The van der Waals surface area contributed by atoms with Crippen LogP contribution in [0.15, 0.2) is 53.0 Å². The lowest BCUT2D eigenvalue weighted by Crippen LogP contribution is -2.41. The van der Waals surface area contributed by atoms with E-state index in [1.807, 2.05) is 41.8 Å². The predicted molar refractivity (Wildman–Crippen MR) is 114 cm³/mol. The number of carbonyl (C=O) groups is 3. The van der Waals surface area contributed by atoms with E-state index >= 15 is 0 Å². The molecule has 0 bridgehead atoms. The Morgan fingerprint density at radius 1 is 1.14 bits per heavy atom. The van der Waals surface area contributed by atoms with E-state index in [9.17, 15) is 14.4 Å². The molecule has 2 heterocycles. The molecule has 1 aromatic heterocycles. The van der Waals surface area contributed by atoms with Gasteiger partial charge in [-0.1, -0.05) is 25.1 Å². The van der Waals surface area contributed by atoms with Gasteiger partial charge in [0.25, 0.3) is 0 Å². The van der Waals surface area contributed by atoms with E-state index in [0.717, 1.165) is 17.8 Å². The van der Waals surface area contributed by atoms with Crippen molar-refractivity contribution in [1.29, 1.82) is 0 Å². The first-order valence-corrected chi connectivity index (χ1v) is 10.9. The zero-order valence-corrected chi connectivity index (χ0v) is 17.2. The third-order valence-electron chi connectivity index (χ3n) is 5.70. The van der Waals surface area contributed by atoms with Gasteiger partial charge < -0.3 is 10.6 Å². The second kappa shape index (κ2) is 8.33. The summed E-state index contributed by atoms with van der Waals surface area (Å²) in [6.07, 6.45) is 2.50. The average molecular weight is 409 g/mol. The van der Waals surface area contributed by atoms with Gasteiger partial charge in [0, 0.05) is 40.6 Å². The Morgan fingerprint density at radius 2 is 1.93 bits per heavy atom. The first kappa shape index (κ1) is 19.6. The molecular formula is C23H24N2O3S. The summed E-state index contributed by atoms with van der Waals surface area (Å²) in [6.45, 7) is 2.08. The van der Waals surface area contributed by atoms with Crippen LogP contribution in [0.4, 0.5) is 5.69 Å². The van der Waals surface area contributed by atoms with Gasteiger partial charge in [0.15, 0.2) is 5.78 Å². The van der Waals surface area contributed by atoms with E-state index in [2.05, 4.69) is 17.6 Å². The van der Waals surface area contributed by atoms with Gasteiger partial charge in [-0.2, -0.15) is 0 Å². The fourth-order valence-corrected chi connectivity index (χ4v) is 4.89. The normalized spacial score (nSPS) is 21.6. The van der Waals surface area contributed by atoms with E-state index in [1.165, 1.54) is 10.4 Å². The van der Waals surface area contributed by atoms with Gasteiger partial charge in [0.05, 0.1) is 5.92 Å². The summed E-state index contributed by atoms with van der Waals surface area (Å²) in [7, 11) is 0. The summed E-state index contributed by atoms with van der Waals surface area (Å²) in [6, 6.07) is 11.7. The molecule has 1 aliphatic heterocycles. The SMILES string of the molecule is CCc1ccc(NC(=O)CC2CC3=C(CC(c4cccs4)CC3=O)NC2=O)cc1. The molecule has 1 aromatic carbocycles. The minimum absolute atomic E-state index is 0.0692. The van der Waals surface area contributed by atoms with Crippen LogP contribution in [0.2, 0.25) is 0 Å². The number of aryl methyl sites for hydroxylation is 1. The molecule has 6 heteroatoms. The van der Waals surface area contributed by atoms with Crippen molar-refractivity contribution in [2.45, 2.75) is 44.9 Å². The summed E-state index contributed by atoms with van der Waals surface area (Å²) in [4.78, 5) is 38.9. The Balaban J connectivity index is 1.41. The molecule has 2 amide bonds. The van der Waals surface area contributed by atoms with Crippen molar-refractivity contribution in [3.05, 3.63) is 63.5 Å². The maximum atomic E-state index is 12.7. The number of amides is 2. The lowest BCUT2D eigenvalue weighted by Gasteiger charge is -2.32. The molecule has 150 valence electrons. The predicted octanol–water partition coefficient (Wildman–Crippen LogP) is 4.18. The Kier molecular flexibility index (Phi) is 5.62. The van der Waals surface area contributed by atoms with Crippen molar-refractivity contribution >= 4 is 34.6 Å². The Bertz CT molecular complexity index is 961. The number of Topliss-reactive ketones (excluding diaryl/α,β-unsaturated/α-hetero) is 1. The quantitative estimate of drug-likeness (QED) is 0.779. The Hall–Kier alpha value is -2.73. The second-order valence-electron chi connectivity index (χ2n) is 7.69. The largest absolute Gasteiger partial charge is 0.329 e. The third-order valence-corrected chi connectivity index (χ3v) is 6.74. The topological polar surface area (TPSA) is 75.3 Å². The van der Waals surface area contributed by atoms with Gasteiger partial charge in [0.1, 0.15) is 0 Å². The van der Waals surface area contributed by atoms with Crippen LogP contribution in [0.1, 0.15) is 49.0 Å². The van der Waals surface area contributed by atoms with Crippen LogP contribution in [0.5, 0.6) is 0 Å². The highest BCUT2D eigenvalue weighted by Crippen LogP contribution is 2.39. The minimum Gasteiger partial charge on any atom is -0.329 e. The van der Waals surface area contributed by atoms with Gasteiger partial charge in [-0.25, -0.2) is 0 Å². The van der Waals surface area contributed by atoms with Crippen LogP contribution in [-0.2, 0) is 20.8 Å². The third kappa shape index (κ3) is 4.32. The highest BCUT2D eigenvalue weighted by atomic mass is 32.1. The number of benzene rings is 1. The fourth-order valence-electron chi connectivity index (χ4n) is 4.06. The lowest BCUT2D eigenvalue weighted by atomic mass is 9.78. The molecular weight excluding hydrogens is 384 g/mol. The number of carbonyl (C=O) groups excluding carboxylic acids is 3. The van der Waals surface area contributed by atoms with Crippen molar-refractivity contribution in [3.8, 4) is 0 Å². The highest BCUT2D eigenvalue weighted by Gasteiger charge is 2.37. The van der Waals surface area contributed by atoms with Crippen molar-refractivity contribution in [1.82, 2.24) is 5.32 Å². The van der Waals surface area contributed by atoms with Crippen LogP contribution in [-0.4, -0.2) is 17.6 Å². The van der Waals surface area contributed by atoms with Gasteiger partial charge in [-0.05, 0) is 48.4 Å². The Labute approximate surface area is 174 Å². The minimum atomic E-state index is -0.508. The van der Waals surface area contributed by atoms with Crippen molar-refractivity contribution in [3.63, 3.8) is 0 Å². The van der Waals surface area contributed by atoms with Crippen molar-refractivity contribution in [2.75, 3.05) is 5.32 Å². The van der Waals surface area contributed by atoms with E-state index in [4.69, 9.17) is 0 Å². The number of allylic oxidation sites excluding steroid dienone is 2. The van der Waals surface area contributed by atoms with Crippen molar-refractivity contribution in [2.24, 2.45) is 5.92 Å². The zero-order chi connectivity index (χ0) is 20.4. The summed E-state index contributed by atoms with van der Waals surface area (Å²) in [5.41, 5.74) is 3.36. The molecule has 5 nitrogen and oxygen atoms in total. The molecule has 0 fully saturated rings. The zero-order valence-electron chi connectivity index (χ0n) is 16.4. The molecule has 2 unspecified atom stereocenters. The van der Waals surface area contributed by atoms with Gasteiger partial charge in [-0.3, -0.25) is 14.4 Å². The van der Waals surface area contributed by atoms with Crippen molar-refractivity contribution < 1.29 is 14.4 Å². The first-order valence-electron chi connectivity index (χ1n) is 10.0. The van der Waals surface area contributed by atoms with Crippen LogP contribution in [0.25, 0.3) is 0 Å². The first-order chi connectivity index (χ1) is 14.0. The molecule has 0 radical (unpaired) electrons. The molecule has 4 rings (SSSR count). The van der Waals surface area contributed by atoms with E-state index < -0.39 is 5.92 Å². The number of anilines is 1. The number of ketones is 1. The molecule has 2 N–H and O–H groups in total. The van der Waals surface area contributed by atoms with E-state index in [0.29, 0.717) is 24.8 Å². The molecule has 2 atom stereocenters. The lowest BCUT2D eigenvalue weighted by molar-refractivity contribution is -0.129. The molecule has 29 heavy (non-hydrogen) atoms. The van der Waals surface area contributed by atoms with Gasteiger partial charge in [0.2, 0.25) is 11.8 Å². The van der Waals surface area contributed by atoms with Gasteiger partial charge >= 0.3 is 0 Å². The monoisotopic (exact) mass is 408 g/mol. The number of hydrogen-bond acceptors (Lipinski definition) is 4. The summed E-state index contributed by atoms with van der Waals surface area (Å²) in [5, 5.41) is 7.78. The molecule has 1 aliphatic carbocycles. The van der Waals surface area contributed by atoms with E-state index in [-0.39, 0.29) is 29.9 Å².